The standard InChI is InChI=1S/C15H23ClN2O/c1-12(2)17-11-13-10-14(16)4-5-15(13)18-6-3-8-19-9-7-18/h4-5,10,12,17H,3,6-9,11H2,1-2H3. The van der Waals surface area contributed by atoms with Gasteiger partial charge in [-0.1, -0.05) is 25.4 Å². The van der Waals surface area contributed by atoms with Crippen LogP contribution in [-0.4, -0.2) is 32.3 Å². The van der Waals surface area contributed by atoms with Crippen LogP contribution >= 0.6 is 11.6 Å². The van der Waals surface area contributed by atoms with Crippen molar-refractivity contribution in [3.63, 3.8) is 0 Å². The number of rotatable bonds is 4. The van der Waals surface area contributed by atoms with Crippen molar-refractivity contribution < 1.29 is 4.74 Å². The van der Waals surface area contributed by atoms with Crippen molar-refractivity contribution in [3.8, 4) is 0 Å². The van der Waals surface area contributed by atoms with E-state index in [0.29, 0.717) is 6.04 Å². The molecule has 0 bridgehead atoms. The second-order valence-corrected chi connectivity index (χ2v) is 5.70. The fourth-order valence-electron chi connectivity index (χ4n) is 2.31. The molecule has 1 N–H and O–H groups in total. The van der Waals surface area contributed by atoms with E-state index in [1.807, 2.05) is 6.07 Å². The Kier molecular flexibility index (Phi) is 5.49. The number of hydrogen-bond donors (Lipinski definition) is 1. The van der Waals surface area contributed by atoms with Gasteiger partial charge in [0.2, 0.25) is 0 Å². The largest absolute Gasteiger partial charge is 0.380 e. The molecule has 19 heavy (non-hydrogen) atoms. The van der Waals surface area contributed by atoms with Gasteiger partial charge < -0.3 is 15.0 Å². The highest BCUT2D eigenvalue weighted by Gasteiger charge is 2.14. The van der Waals surface area contributed by atoms with Gasteiger partial charge in [0.15, 0.2) is 0 Å². The molecule has 3 nitrogen and oxygen atoms in total. The van der Waals surface area contributed by atoms with E-state index in [-0.39, 0.29) is 0 Å². The molecule has 106 valence electrons. The summed E-state index contributed by atoms with van der Waals surface area (Å²) in [7, 11) is 0. The second-order valence-electron chi connectivity index (χ2n) is 5.26. The summed E-state index contributed by atoms with van der Waals surface area (Å²) in [5.74, 6) is 0. The maximum atomic E-state index is 6.13. The molecule has 0 unspecified atom stereocenters. The van der Waals surface area contributed by atoms with Crippen LogP contribution in [0.25, 0.3) is 0 Å². The van der Waals surface area contributed by atoms with E-state index in [0.717, 1.165) is 44.3 Å². The number of halogens is 1. The molecule has 0 aliphatic carbocycles. The zero-order valence-corrected chi connectivity index (χ0v) is 12.5. The van der Waals surface area contributed by atoms with Crippen LogP contribution in [0, 0.1) is 0 Å². The van der Waals surface area contributed by atoms with Gasteiger partial charge in [-0.05, 0) is 30.2 Å². The monoisotopic (exact) mass is 282 g/mol. The molecule has 0 atom stereocenters. The Morgan fingerprint density at radius 3 is 2.95 bits per heavy atom. The van der Waals surface area contributed by atoms with Crippen LogP contribution in [-0.2, 0) is 11.3 Å². The summed E-state index contributed by atoms with van der Waals surface area (Å²) >= 11 is 6.13. The Morgan fingerprint density at radius 2 is 2.16 bits per heavy atom. The summed E-state index contributed by atoms with van der Waals surface area (Å²) < 4.78 is 5.52. The molecular formula is C15H23ClN2O. The van der Waals surface area contributed by atoms with E-state index in [9.17, 15) is 0 Å². The Morgan fingerprint density at radius 1 is 1.32 bits per heavy atom. The SMILES string of the molecule is CC(C)NCc1cc(Cl)ccc1N1CCCOCC1. The predicted molar refractivity (Wildman–Crippen MR) is 81.1 cm³/mol. The number of benzene rings is 1. The topological polar surface area (TPSA) is 24.5 Å². The molecule has 0 spiro atoms. The number of hydrogen-bond acceptors (Lipinski definition) is 3. The predicted octanol–water partition coefficient (Wildman–Crippen LogP) is 3.06. The van der Waals surface area contributed by atoms with E-state index in [1.54, 1.807) is 0 Å². The zero-order chi connectivity index (χ0) is 13.7. The van der Waals surface area contributed by atoms with Crippen molar-refractivity contribution in [2.75, 3.05) is 31.2 Å². The minimum absolute atomic E-state index is 0.472. The zero-order valence-electron chi connectivity index (χ0n) is 11.8. The fraction of sp³-hybridized carbons (Fsp3) is 0.600. The first-order chi connectivity index (χ1) is 9.16. The molecule has 2 rings (SSSR count). The summed E-state index contributed by atoms with van der Waals surface area (Å²) in [5, 5.41) is 4.27. The molecule has 1 saturated heterocycles. The van der Waals surface area contributed by atoms with Crippen LogP contribution in [0.1, 0.15) is 25.8 Å². The van der Waals surface area contributed by atoms with Crippen molar-refractivity contribution in [3.05, 3.63) is 28.8 Å². The second kappa shape index (κ2) is 7.13. The molecule has 1 aromatic carbocycles. The molecule has 1 aliphatic rings. The van der Waals surface area contributed by atoms with Crippen LogP contribution in [0.5, 0.6) is 0 Å². The van der Waals surface area contributed by atoms with Crippen molar-refractivity contribution in [2.24, 2.45) is 0 Å². The number of nitrogens with zero attached hydrogens (tertiary/aromatic N) is 1. The molecule has 1 fully saturated rings. The van der Waals surface area contributed by atoms with Crippen molar-refractivity contribution in [1.82, 2.24) is 5.32 Å². The molecular weight excluding hydrogens is 260 g/mol. The molecule has 4 heteroatoms. The lowest BCUT2D eigenvalue weighted by molar-refractivity contribution is 0.152. The van der Waals surface area contributed by atoms with Crippen molar-refractivity contribution >= 4 is 17.3 Å². The Balaban J connectivity index is 2.17. The summed E-state index contributed by atoms with van der Waals surface area (Å²) in [6.07, 6.45) is 1.08. The first kappa shape index (κ1) is 14.6. The third-order valence-corrected chi connectivity index (χ3v) is 3.54. The van der Waals surface area contributed by atoms with Gasteiger partial charge in [-0.15, -0.1) is 0 Å². The highest BCUT2D eigenvalue weighted by Crippen LogP contribution is 2.25. The molecule has 0 amide bonds. The summed E-state index contributed by atoms with van der Waals surface area (Å²) in [6, 6.07) is 6.64. The molecule has 1 heterocycles. The van der Waals surface area contributed by atoms with E-state index in [2.05, 4.69) is 36.2 Å². The van der Waals surface area contributed by atoms with Gasteiger partial charge in [0, 0.05) is 43.0 Å². The lowest BCUT2D eigenvalue weighted by Crippen LogP contribution is -2.29. The van der Waals surface area contributed by atoms with Crippen LogP contribution in [0.3, 0.4) is 0 Å². The average molecular weight is 283 g/mol. The number of anilines is 1. The van der Waals surface area contributed by atoms with Gasteiger partial charge in [0.05, 0.1) is 6.61 Å². The van der Waals surface area contributed by atoms with Gasteiger partial charge in [-0.3, -0.25) is 0 Å². The van der Waals surface area contributed by atoms with Crippen LogP contribution in [0.2, 0.25) is 5.02 Å². The molecule has 0 saturated carbocycles. The van der Waals surface area contributed by atoms with E-state index in [1.165, 1.54) is 11.3 Å². The van der Waals surface area contributed by atoms with Crippen molar-refractivity contribution in [1.29, 1.82) is 0 Å². The molecule has 0 aromatic heterocycles. The quantitative estimate of drug-likeness (QED) is 0.919. The highest BCUT2D eigenvalue weighted by molar-refractivity contribution is 6.30. The number of ether oxygens (including phenoxy) is 1. The summed E-state index contributed by atoms with van der Waals surface area (Å²) in [5.41, 5.74) is 2.55. The molecule has 0 radical (unpaired) electrons. The van der Waals surface area contributed by atoms with Gasteiger partial charge in [-0.2, -0.15) is 0 Å². The number of nitrogens with one attached hydrogen (secondary N) is 1. The smallest absolute Gasteiger partial charge is 0.0641 e. The van der Waals surface area contributed by atoms with E-state index < -0.39 is 0 Å². The minimum atomic E-state index is 0.472. The molecule has 1 aromatic rings. The third kappa shape index (κ3) is 4.37. The molecule has 1 aliphatic heterocycles. The minimum Gasteiger partial charge on any atom is -0.380 e. The lowest BCUT2D eigenvalue weighted by Gasteiger charge is -2.25. The highest BCUT2D eigenvalue weighted by atomic mass is 35.5. The van der Waals surface area contributed by atoms with Gasteiger partial charge >= 0.3 is 0 Å². The maximum Gasteiger partial charge on any atom is 0.0641 e. The van der Waals surface area contributed by atoms with Gasteiger partial charge in [0.25, 0.3) is 0 Å². The maximum absolute atomic E-state index is 6.13. The van der Waals surface area contributed by atoms with Gasteiger partial charge in [-0.25, -0.2) is 0 Å². The van der Waals surface area contributed by atoms with Crippen molar-refractivity contribution in [2.45, 2.75) is 32.9 Å². The Bertz CT molecular complexity index is 401. The Labute approximate surface area is 120 Å². The lowest BCUT2D eigenvalue weighted by atomic mass is 10.1. The van der Waals surface area contributed by atoms with Crippen LogP contribution < -0.4 is 10.2 Å². The Hall–Kier alpha value is -0.770. The van der Waals surface area contributed by atoms with E-state index >= 15 is 0 Å². The summed E-state index contributed by atoms with van der Waals surface area (Å²) in [6.45, 7) is 8.84. The first-order valence-corrected chi connectivity index (χ1v) is 7.39. The average Bonchev–Trinajstić information content (AvgIpc) is 2.65. The fourth-order valence-corrected chi connectivity index (χ4v) is 2.50. The summed E-state index contributed by atoms with van der Waals surface area (Å²) in [4.78, 5) is 2.40. The normalized spacial score (nSPS) is 16.7. The van der Waals surface area contributed by atoms with Crippen LogP contribution in [0.15, 0.2) is 18.2 Å². The van der Waals surface area contributed by atoms with Crippen LogP contribution in [0.4, 0.5) is 5.69 Å². The first-order valence-electron chi connectivity index (χ1n) is 7.01. The third-order valence-electron chi connectivity index (χ3n) is 3.31. The van der Waals surface area contributed by atoms with E-state index in [4.69, 9.17) is 16.3 Å². The van der Waals surface area contributed by atoms with Gasteiger partial charge in [0.1, 0.15) is 0 Å².